The van der Waals surface area contributed by atoms with E-state index in [1.54, 1.807) is 30.5 Å². The molecule has 3 aliphatic rings. The summed E-state index contributed by atoms with van der Waals surface area (Å²) in [7, 11) is 5.22. The average Bonchev–Trinajstić information content (AvgIpc) is 3.80. The first-order valence-electron chi connectivity index (χ1n) is 21.4. The minimum Gasteiger partial charge on any atom is -0.458 e. The highest BCUT2D eigenvalue weighted by Crippen LogP contribution is 2.40. The van der Waals surface area contributed by atoms with Crippen LogP contribution in [0.5, 0.6) is 0 Å². The van der Waals surface area contributed by atoms with Crippen molar-refractivity contribution in [3.8, 4) is 11.3 Å². The van der Waals surface area contributed by atoms with E-state index in [-0.39, 0.29) is 24.6 Å². The van der Waals surface area contributed by atoms with Crippen molar-refractivity contribution in [2.24, 2.45) is 17.8 Å². The van der Waals surface area contributed by atoms with Crippen molar-refractivity contribution in [1.82, 2.24) is 30.1 Å². The molecular formula is C43H69N7O10. The molecular weight excluding hydrogens is 775 g/mol. The van der Waals surface area contributed by atoms with Gasteiger partial charge >= 0.3 is 12.1 Å². The summed E-state index contributed by atoms with van der Waals surface area (Å²) >= 11 is 0. The Bertz CT molecular complexity index is 1760. The summed E-state index contributed by atoms with van der Waals surface area (Å²) < 4.78 is 33.1. The number of rotatable bonds is 12. The second kappa shape index (κ2) is 20.0. The molecule has 0 aliphatic carbocycles. The average molecular weight is 844 g/mol. The van der Waals surface area contributed by atoms with Gasteiger partial charge in [0.05, 0.1) is 36.7 Å². The lowest BCUT2D eigenvalue weighted by atomic mass is 9.78. The van der Waals surface area contributed by atoms with E-state index in [2.05, 4.69) is 22.6 Å². The van der Waals surface area contributed by atoms with Crippen molar-refractivity contribution >= 4 is 23.5 Å². The molecule has 1 aromatic carbocycles. The first-order chi connectivity index (χ1) is 28.4. The molecule has 4 heterocycles. The molecule has 1 aromatic heterocycles. The Kier molecular flexibility index (Phi) is 15.8. The number of aliphatic hydroxyl groups excluding tert-OH is 2. The maximum Gasteiger partial charge on any atom is 0.410 e. The van der Waals surface area contributed by atoms with Crippen molar-refractivity contribution in [2.75, 3.05) is 46.6 Å². The van der Waals surface area contributed by atoms with E-state index in [0.29, 0.717) is 57.4 Å². The lowest BCUT2D eigenvalue weighted by Gasteiger charge is -2.47. The molecule has 5 rings (SSSR count). The highest BCUT2D eigenvalue weighted by atomic mass is 16.7. The third-order valence-corrected chi connectivity index (χ3v) is 12.9. The smallest absolute Gasteiger partial charge is 0.410 e. The van der Waals surface area contributed by atoms with Crippen LogP contribution in [0.4, 0.5) is 10.5 Å². The van der Waals surface area contributed by atoms with Crippen molar-refractivity contribution in [1.29, 1.82) is 0 Å². The number of nitrogens with two attached hydrogens (primary N) is 1. The summed E-state index contributed by atoms with van der Waals surface area (Å²) in [6.45, 7) is 14.0. The number of aromatic nitrogens is 3. The number of nitrogens with one attached hydrogen (secondary N) is 1. The molecule has 0 bridgehead atoms. The molecule has 17 nitrogen and oxygen atoms in total. The molecule has 0 saturated carbocycles. The number of carbonyl (C=O) groups is 3. The molecule has 5 N–H and O–H groups in total. The number of nitrogens with zero attached hydrogens (tertiary/aromatic N) is 5. The molecule has 13 atom stereocenters. The van der Waals surface area contributed by atoms with E-state index in [1.807, 2.05) is 70.2 Å². The van der Waals surface area contributed by atoms with Crippen LogP contribution in [-0.4, -0.2) is 154 Å². The zero-order valence-corrected chi connectivity index (χ0v) is 37.1. The molecule has 3 aliphatic heterocycles. The summed E-state index contributed by atoms with van der Waals surface area (Å²) in [5, 5.41) is 33.8. The number of aliphatic hydroxyl groups is 2. The number of carbonyl (C=O) groups excluding carboxylic acids is 3. The number of esters is 1. The molecule has 2 aromatic rings. The third-order valence-electron chi connectivity index (χ3n) is 12.9. The van der Waals surface area contributed by atoms with Crippen molar-refractivity contribution in [3.05, 3.63) is 30.5 Å². The fraction of sp³-hybridized carbons (Fsp3) is 0.744. The number of anilines is 1. The third kappa shape index (κ3) is 10.3. The number of benzene rings is 1. The lowest BCUT2D eigenvalue weighted by Crippen LogP contribution is -2.61. The van der Waals surface area contributed by atoms with Gasteiger partial charge in [0, 0.05) is 49.5 Å². The van der Waals surface area contributed by atoms with Crippen LogP contribution in [0.3, 0.4) is 0 Å². The van der Waals surface area contributed by atoms with E-state index in [0.717, 1.165) is 11.3 Å². The van der Waals surface area contributed by atoms with Gasteiger partial charge in [-0.1, -0.05) is 38.1 Å². The Morgan fingerprint density at radius 1 is 1.10 bits per heavy atom. The summed E-state index contributed by atoms with van der Waals surface area (Å²) in [6.07, 6.45) is -0.912. The van der Waals surface area contributed by atoms with Crippen LogP contribution in [-0.2, 0) is 39.8 Å². The largest absolute Gasteiger partial charge is 0.458 e. The van der Waals surface area contributed by atoms with Gasteiger partial charge in [-0.15, -0.1) is 5.10 Å². The topological polar surface area (TPSA) is 213 Å². The van der Waals surface area contributed by atoms with Crippen molar-refractivity contribution in [2.45, 2.75) is 147 Å². The van der Waals surface area contributed by atoms with Gasteiger partial charge in [-0.25, -0.2) is 4.79 Å². The molecule has 0 spiro atoms. The molecule has 0 radical (unpaired) electrons. The first-order valence-corrected chi connectivity index (χ1v) is 21.4. The zero-order valence-electron chi connectivity index (χ0n) is 37.1. The lowest BCUT2D eigenvalue weighted by molar-refractivity contribution is -0.300. The number of Topliss-reactive ketones (excluding diaryl/α,β-unsaturated/α-hetero) is 1. The van der Waals surface area contributed by atoms with Gasteiger partial charge in [0.1, 0.15) is 23.8 Å². The SMILES string of the molecule is CC[C@H]1OC(=O)[C@H](C)C(=O)[C@H](C)[C@@H](O[C@@H]2O[C@H](CO)CC(N(C)C)C2O)[C@](C)(OC)C[C@@H](C)CN[C@H](C)[C@H]2N(CCCCn3cc(-c4cccc(N)c4)nn3)C(=O)O[C@]12C. The van der Waals surface area contributed by atoms with Crippen molar-refractivity contribution in [3.63, 3.8) is 0 Å². The van der Waals surface area contributed by atoms with Crippen LogP contribution in [0.2, 0.25) is 0 Å². The van der Waals surface area contributed by atoms with Crippen LogP contribution >= 0.6 is 0 Å². The summed E-state index contributed by atoms with van der Waals surface area (Å²) in [5.41, 5.74) is 5.84. The number of cyclic esters (lactones) is 1. The van der Waals surface area contributed by atoms with Gasteiger partial charge < -0.3 is 49.8 Å². The normalized spacial score (nSPS) is 36.0. The number of ketones is 1. The van der Waals surface area contributed by atoms with E-state index in [9.17, 15) is 24.6 Å². The number of nitrogen functional groups attached to an aromatic ring is 1. The van der Waals surface area contributed by atoms with Gasteiger partial charge in [0.2, 0.25) is 0 Å². The van der Waals surface area contributed by atoms with Gasteiger partial charge in [-0.3, -0.25) is 19.2 Å². The first kappa shape index (κ1) is 47.3. The van der Waals surface area contributed by atoms with E-state index < -0.39 is 77.6 Å². The predicted octanol–water partition coefficient (Wildman–Crippen LogP) is 3.26. The van der Waals surface area contributed by atoms with E-state index >= 15 is 0 Å². The second-order valence-corrected chi connectivity index (χ2v) is 17.8. The van der Waals surface area contributed by atoms with Crippen molar-refractivity contribution < 1.29 is 48.3 Å². The van der Waals surface area contributed by atoms with Gasteiger partial charge in [0.15, 0.2) is 17.7 Å². The number of hydrogen-bond donors (Lipinski definition) is 4. The quantitative estimate of drug-likeness (QED) is 0.105. The van der Waals surface area contributed by atoms with Crippen LogP contribution in [0.15, 0.2) is 30.5 Å². The van der Waals surface area contributed by atoms with E-state index in [4.69, 9.17) is 29.4 Å². The molecule has 1 amide bonds. The van der Waals surface area contributed by atoms with E-state index in [1.165, 1.54) is 6.92 Å². The molecule has 17 heteroatoms. The summed E-state index contributed by atoms with van der Waals surface area (Å²) in [5.74, 6) is -3.38. The number of fused-ring (bicyclic) bond motifs is 1. The fourth-order valence-corrected chi connectivity index (χ4v) is 9.46. The Morgan fingerprint density at radius 2 is 1.82 bits per heavy atom. The maximum atomic E-state index is 14.4. The van der Waals surface area contributed by atoms with Crippen LogP contribution < -0.4 is 11.1 Å². The number of likely N-dealkylation sites (N-methyl/N-ethyl adjacent to an activating group) is 1. The molecule has 3 saturated heterocycles. The molecule has 336 valence electrons. The number of unbranched alkanes of at least 4 members (excludes halogenated alkanes) is 1. The molecule has 2 unspecified atom stereocenters. The maximum absolute atomic E-state index is 14.4. The number of ether oxygens (including phenoxy) is 5. The predicted molar refractivity (Wildman–Crippen MR) is 223 cm³/mol. The Morgan fingerprint density at radius 3 is 2.47 bits per heavy atom. The summed E-state index contributed by atoms with van der Waals surface area (Å²) in [4.78, 5) is 45.8. The van der Waals surface area contributed by atoms with Gasteiger partial charge in [-0.05, 0) is 98.5 Å². The number of methoxy groups -OCH3 is 1. The van der Waals surface area contributed by atoms with Gasteiger partial charge in [-0.2, -0.15) is 0 Å². The zero-order chi connectivity index (χ0) is 44.1. The second-order valence-electron chi connectivity index (χ2n) is 17.8. The van der Waals surface area contributed by atoms with Crippen LogP contribution in [0.25, 0.3) is 11.3 Å². The highest BCUT2D eigenvalue weighted by Gasteiger charge is 2.58. The molecule has 60 heavy (non-hydrogen) atoms. The Labute approximate surface area is 354 Å². The molecule has 3 fully saturated rings. The Balaban J connectivity index is 1.38. The minimum atomic E-state index is -1.25. The van der Waals surface area contributed by atoms with Crippen LogP contribution in [0.1, 0.15) is 80.6 Å². The Hall–Kier alpha value is -3.71. The summed E-state index contributed by atoms with van der Waals surface area (Å²) in [6, 6.07) is 6.23. The number of aryl methyl sites for hydroxylation is 1. The van der Waals surface area contributed by atoms with Gasteiger partial charge in [0.25, 0.3) is 0 Å². The minimum absolute atomic E-state index is 0.0530. The standard InChI is InChI=1S/C43H69N7O10/c1-11-34-43(7)37(50(41(55)60-43)18-13-12-17-49-23-32(46-47-49)29-15-14-16-30(44)19-29)28(5)45-22-25(2)21-42(6,56-10)38(26(3)35(52)27(4)39(54)58-34)59-40-36(53)33(48(8)9)20-31(24-51)57-40/h14-16,19,23,25-28,31,33-34,36-38,40,45,51,53H,11-13,17-18,20-22,24,44H2,1-10H3/t25-,26+,27-,28-,31+,33?,34-,36?,37-,38-,40+,42-,43-/m1/s1. The monoisotopic (exact) mass is 844 g/mol. The number of amides is 1. The number of hydrogen-bond acceptors (Lipinski definition) is 15. The fourth-order valence-electron chi connectivity index (χ4n) is 9.46. The highest BCUT2D eigenvalue weighted by molar-refractivity contribution is 6.00. The van der Waals surface area contributed by atoms with Crippen LogP contribution in [0, 0.1) is 17.8 Å².